The molecule has 22 heavy (non-hydrogen) atoms. The second kappa shape index (κ2) is 5.33. The van der Waals surface area contributed by atoms with Crippen LogP contribution in [0.4, 0.5) is 0 Å². The number of hydrogen-bond acceptors (Lipinski definition) is 2. The van der Waals surface area contributed by atoms with Crippen LogP contribution < -0.4 is 4.98 Å². The van der Waals surface area contributed by atoms with Crippen molar-refractivity contribution in [3.05, 3.63) is 41.5 Å². The van der Waals surface area contributed by atoms with Gasteiger partial charge in [-0.3, -0.25) is 4.90 Å². The van der Waals surface area contributed by atoms with E-state index in [0.717, 1.165) is 0 Å². The molecule has 1 unspecified atom stereocenters. The summed E-state index contributed by atoms with van der Waals surface area (Å²) in [5, 5.41) is 0.0906. The summed E-state index contributed by atoms with van der Waals surface area (Å²) in [4.78, 5) is 6.79. The third-order valence-corrected chi connectivity index (χ3v) is 9.15. The van der Waals surface area contributed by atoms with Gasteiger partial charge in [-0.15, -0.1) is 0 Å². The fourth-order valence-electron chi connectivity index (χ4n) is 4.61. The van der Waals surface area contributed by atoms with Gasteiger partial charge in [-0.05, 0) is 57.8 Å². The molecule has 1 fully saturated rings. The van der Waals surface area contributed by atoms with E-state index in [2.05, 4.69) is 80.2 Å². The van der Waals surface area contributed by atoms with Crippen LogP contribution in [-0.4, -0.2) is 31.8 Å². The Bertz CT molecular complexity index is 579. The molecule has 0 amide bonds. The number of rotatable bonds is 3. The molecule has 2 aliphatic rings. The molecular weight excluding hydrogens is 284 g/mol. The number of benzene rings is 1. The zero-order valence-electron chi connectivity index (χ0n) is 14.7. The second-order valence-corrected chi connectivity index (χ2v) is 12.6. The van der Waals surface area contributed by atoms with E-state index in [1.54, 1.807) is 0 Å². The van der Waals surface area contributed by atoms with E-state index in [4.69, 9.17) is 0 Å². The minimum absolute atomic E-state index is 0.0906. The Hall–Kier alpha value is -0.903. The number of hydrogen-bond donors (Lipinski definition) is 1. The van der Waals surface area contributed by atoms with Crippen molar-refractivity contribution < 1.29 is 0 Å². The smallest absolute Gasteiger partial charge is 0.150 e. The van der Waals surface area contributed by atoms with Gasteiger partial charge in [-0.1, -0.05) is 49.5 Å². The normalized spacial score (nSPS) is 25.7. The molecular formula is C19H30N2Si. The Labute approximate surface area is 136 Å². The highest BCUT2D eigenvalue weighted by Crippen LogP contribution is 2.46. The molecule has 1 aromatic rings. The zero-order valence-corrected chi connectivity index (χ0v) is 15.7. The Morgan fingerprint density at radius 1 is 1.09 bits per heavy atom. The van der Waals surface area contributed by atoms with Crippen molar-refractivity contribution in [1.29, 1.82) is 0 Å². The lowest BCUT2D eigenvalue weighted by atomic mass is 10.1. The molecule has 2 nitrogen and oxygen atoms in total. The van der Waals surface area contributed by atoms with E-state index in [-0.39, 0.29) is 10.7 Å². The van der Waals surface area contributed by atoms with E-state index in [1.807, 2.05) is 0 Å². The number of fused-ring (bicyclic) bond motifs is 1. The van der Waals surface area contributed by atoms with E-state index in [9.17, 15) is 0 Å². The highest BCUT2D eigenvalue weighted by molar-refractivity contribution is 6.78. The third-order valence-electron chi connectivity index (χ3n) is 5.12. The molecule has 0 bridgehead atoms. The topological polar surface area (TPSA) is 15.3 Å². The lowest BCUT2D eigenvalue weighted by Gasteiger charge is -2.51. The van der Waals surface area contributed by atoms with Crippen molar-refractivity contribution in [2.45, 2.75) is 57.4 Å². The Morgan fingerprint density at radius 3 is 2.36 bits per heavy atom. The predicted molar refractivity (Wildman–Crippen MR) is 98.3 cm³/mol. The Morgan fingerprint density at radius 2 is 1.73 bits per heavy atom. The first-order valence-corrected chi connectivity index (χ1v) is 11.6. The molecule has 1 saturated heterocycles. The van der Waals surface area contributed by atoms with E-state index < -0.39 is 8.24 Å². The maximum absolute atomic E-state index is 4.04. The number of nitrogens with zero attached hydrogens (tertiary/aromatic N) is 1. The van der Waals surface area contributed by atoms with Gasteiger partial charge in [0.15, 0.2) is 8.24 Å². The van der Waals surface area contributed by atoms with E-state index in [0.29, 0.717) is 0 Å². The fraction of sp³-hybridized carbons (Fsp3) is 0.579. The van der Waals surface area contributed by atoms with E-state index >= 15 is 0 Å². The molecule has 120 valence electrons. The van der Waals surface area contributed by atoms with Gasteiger partial charge < -0.3 is 4.98 Å². The highest BCUT2D eigenvalue weighted by atomic mass is 28.3. The number of nitrogens with one attached hydrogen (secondary N) is 1. The van der Waals surface area contributed by atoms with Crippen molar-refractivity contribution in [3.8, 4) is 0 Å². The summed E-state index contributed by atoms with van der Waals surface area (Å²) in [6.07, 6.45) is 7.52. The van der Waals surface area contributed by atoms with Crippen LogP contribution in [0.3, 0.4) is 0 Å². The summed E-state index contributed by atoms with van der Waals surface area (Å²) in [6.45, 7) is 14.3. The van der Waals surface area contributed by atoms with Crippen LogP contribution in [0.25, 0.3) is 6.08 Å². The SMILES string of the molecule is CC(C)(C)N[Si](C)(C)C1(N2CCCC2)C=Cc2ccccc21. The quantitative estimate of drug-likeness (QED) is 0.844. The van der Waals surface area contributed by atoms with Crippen LogP contribution in [0.15, 0.2) is 30.3 Å². The molecule has 0 saturated carbocycles. The van der Waals surface area contributed by atoms with E-state index in [1.165, 1.54) is 37.1 Å². The molecule has 1 aliphatic carbocycles. The van der Waals surface area contributed by atoms with Gasteiger partial charge in [0.25, 0.3) is 0 Å². The maximum Gasteiger partial charge on any atom is 0.150 e. The van der Waals surface area contributed by atoms with Crippen molar-refractivity contribution >= 4 is 14.3 Å². The summed E-state index contributed by atoms with van der Waals surface area (Å²) in [7, 11) is -1.78. The lowest BCUT2D eigenvalue weighted by molar-refractivity contribution is 0.233. The number of likely N-dealkylation sites (tertiary alicyclic amines) is 1. The molecule has 1 aromatic carbocycles. The minimum Gasteiger partial charge on any atom is -0.331 e. The first-order valence-electron chi connectivity index (χ1n) is 8.59. The van der Waals surface area contributed by atoms with Gasteiger partial charge in [-0.25, -0.2) is 0 Å². The minimum atomic E-state index is -1.78. The average Bonchev–Trinajstić information content (AvgIpc) is 3.03. The molecule has 1 aliphatic heterocycles. The Balaban J connectivity index is 2.12. The van der Waals surface area contributed by atoms with Crippen LogP contribution in [0.2, 0.25) is 13.1 Å². The molecule has 0 radical (unpaired) electrons. The summed E-state index contributed by atoms with van der Waals surface area (Å²) in [5.74, 6) is 0. The van der Waals surface area contributed by atoms with Gasteiger partial charge in [0.05, 0.1) is 5.16 Å². The summed E-state index contributed by atoms with van der Waals surface area (Å²) < 4.78 is 0. The van der Waals surface area contributed by atoms with Crippen LogP contribution in [0, 0.1) is 0 Å². The molecule has 3 heteroatoms. The van der Waals surface area contributed by atoms with Crippen LogP contribution in [0.1, 0.15) is 44.7 Å². The third kappa shape index (κ3) is 2.49. The van der Waals surface area contributed by atoms with Crippen LogP contribution >= 0.6 is 0 Å². The summed E-state index contributed by atoms with van der Waals surface area (Å²) >= 11 is 0. The Kier molecular flexibility index (Phi) is 3.87. The summed E-state index contributed by atoms with van der Waals surface area (Å²) in [5.41, 5.74) is 3.07. The molecule has 1 atom stereocenters. The zero-order chi connectivity index (χ0) is 16.0. The highest BCUT2D eigenvalue weighted by Gasteiger charge is 2.54. The molecule has 1 heterocycles. The van der Waals surface area contributed by atoms with Gasteiger partial charge in [0.2, 0.25) is 0 Å². The standard InChI is InChI=1S/C19H30N2Si/c1-18(2,3)20-22(4,5)19(21-14-8-9-15-21)13-12-16-10-6-7-11-17(16)19/h6-7,10-13,20H,8-9,14-15H2,1-5H3. The molecule has 0 aromatic heterocycles. The molecule has 0 spiro atoms. The van der Waals surface area contributed by atoms with Crippen LogP contribution in [-0.2, 0) is 5.16 Å². The summed E-state index contributed by atoms with van der Waals surface area (Å²) in [6, 6.07) is 8.99. The fourth-order valence-corrected chi connectivity index (χ4v) is 9.09. The first kappa shape index (κ1) is 16.0. The second-order valence-electron chi connectivity index (χ2n) is 8.38. The van der Waals surface area contributed by atoms with Gasteiger partial charge in [0.1, 0.15) is 0 Å². The van der Waals surface area contributed by atoms with Crippen molar-refractivity contribution in [1.82, 2.24) is 9.88 Å². The van der Waals surface area contributed by atoms with Crippen LogP contribution in [0.5, 0.6) is 0 Å². The van der Waals surface area contributed by atoms with Gasteiger partial charge in [0, 0.05) is 5.54 Å². The van der Waals surface area contributed by atoms with Gasteiger partial charge >= 0.3 is 0 Å². The average molecular weight is 315 g/mol. The predicted octanol–water partition coefficient (Wildman–Crippen LogP) is 4.14. The first-order chi connectivity index (χ1) is 10.3. The maximum atomic E-state index is 4.04. The lowest BCUT2D eigenvalue weighted by Crippen LogP contribution is -2.70. The van der Waals surface area contributed by atoms with Crippen molar-refractivity contribution in [2.75, 3.05) is 13.1 Å². The monoisotopic (exact) mass is 314 g/mol. The molecule has 3 rings (SSSR count). The van der Waals surface area contributed by atoms with Gasteiger partial charge in [-0.2, -0.15) is 0 Å². The van der Waals surface area contributed by atoms with Crippen molar-refractivity contribution in [2.24, 2.45) is 0 Å². The van der Waals surface area contributed by atoms with Crippen molar-refractivity contribution in [3.63, 3.8) is 0 Å². The largest absolute Gasteiger partial charge is 0.331 e. The molecule has 1 N–H and O–H groups in total.